The van der Waals surface area contributed by atoms with E-state index in [1.807, 2.05) is 0 Å². The standard InChI is InChI=1S/C14H12ClNO4/c1-20-13-5-2-8(6-11(13)15)16-14(19)10-4-3-9(17)7-12(10)18/h2-7,17-18H,1H3,(H,16,19). The van der Waals surface area contributed by atoms with Gasteiger partial charge in [0.2, 0.25) is 0 Å². The number of methoxy groups -OCH3 is 1. The molecule has 104 valence electrons. The van der Waals surface area contributed by atoms with Gasteiger partial charge in [0.1, 0.15) is 17.2 Å². The molecule has 0 saturated carbocycles. The summed E-state index contributed by atoms with van der Waals surface area (Å²) in [7, 11) is 1.49. The lowest BCUT2D eigenvalue weighted by molar-refractivity contribution is 0.102. The highest BCUT2D eigenvalue weighted by Crippen LogP contribution is 2.28. The Bertz CT molecular complexity index is 658. The van der Waals surface area contributed by atoms with Crippen LogP contribution in [0.5, 0.6) is 17.2 Å². The third-order valence-electron chi connectivity index (χ3n) is 2.64. The van der Waals surface area contributed by atoms with E-state index in [2.05, 4.69) is 5.32 Å². The van der Waals surface area contributed by atoms with Crippen LogP contribution in [0.25, 0.3) is 0 Å². The number of halogens is 1. The predicted octanol–water partition coefficient (Wildman–Crippen LogP) is 3.01. The van der Waals surface area contributed by atoms with E-state index in [9.17, 15) is 15.0 Å². The van der Waals surface area contributed by atoms with Crippen LogP contribution >= 0.6 is 11.6 Å². The summed E-state index contributed by atoms with van der Waals surface area (Å²) in [5.41, 5.74) is 0.517. The van der Waals surface area contributed by atoms with Gasteiger partial charge in [0.05, 0.1) is 17.7 Å². The van der Waals surface area contributed by atoms with Crippen molar-refractivity contribution in [3.05, 3.63) is 47.0 Å². The monoisotopic (exact) mass is 293 g/mol. The minimum absolute atomic E-state index is 0.0507. The Morgan fingerprint density at radius 1 is 1.20 bits per heavy atom. The van der Waals surface area contributed by atoms with Crippen molar-refractivity contribution < 1.29 is 19.7 Å². The van der Waals surface area contributed by atoms with Crippen molar-refractivity contribution in [3.8, 4) is 17.2 Å². The van der Waals surface area contributed by atoms with Crippen LogP contribution in [0.3, 0.4) is 0 Å². The number of hydrogen-bond donors (Lipinski definition) is 3. The Morgan fingerprint density at radius 3 is 2.55 bits per heavy atom. The first kappa shape index (κ1) is 14.0. The maximum atomic E-state index is 12.0. The summed E-state index contributed by atoms with van der Waals surface area (Å²) in [6.07, 6.45) is 0. The summed E-state index contributed by atoms with van der Waals surface area (Å²) in [6.45, 7) is 0. The molecule has 6 heteroatoms. The van der Waals surface area contributed by atoms with Crippen molar-refractivity contribution >= 4 is 23.2 Å². The zero-order valence-electron chi connectivity index (χ0n) is 10.6. The van der Waals surface area contributed by atoms with Gasteiger partial charge < -0.3 is 20.3 Å². The molecular weight excluding hydrogens is 282 g/mol. The molecule has 0 bridgehead atoms. The van der Waals surface area contributed by atoms with E-state index in [1.54, 1.807) is 12.1 Å². The second-order valence-corrected chi connectivity index (χ2v) is 4.41. The molecule has 0 atom stereocenters. The summed E-state index contributed by atoms with van der Waals surface area (Å²) in [5.74, 6) is -0.436. The van der Waals surface area contributed by atoms with Crippen molar-refractivity contribution in [2.24, 2.45) is 0 Å². The van der Waals surface area contributed by atoms with Gasteiger partial charge in [0.15, 0.2) is 0 Å². The largest absolute Gasteiger partial charge is 0.508 e. The number of nitrogens with one attached hydrogen (secondary N) is 1. The highest BCUT2D eigenvalue weighted by atomic mass is 35.5. The quantitative estimate of drug-likeness (QED) is 0.813. The Morgan fingerprint density at radius 2 is 1.95 bits per heavy atom. The van der Waals surface area contributed by atoms with Crippen molar-refractivity contribution in [3.63, 3.8) is 0 Å². The molecule has 5 nitrogen and oxygen atoms in total. The summed E-state index contributed by atoms with van der Waals surface area (Å²) < 4.78 is 5.01. The third-order valence-corrected chi connectivity index (χ3v) is 2.93. The topological polar surface area (TPSA) is 78.8 Å². The van der Waals surface area contributed by atoms with Gasteiger partial charge >= 0.3 is 0 Å². The number of carbonyl (C=O) groups excluding carboxylic acids is 1. The first-order chi connectivity index (χ1) is 9.51. The predicted molar refractivity (Wildman–Crippen MR) is 75.7 cm³/mol. The number of amides is 1. The highest BCUT2D eigenvalue weighted by Gasteiger charge is 2.12. The lowest BCUT2D eigenvalue weighted by Crippen LogP contribution is -2.12. The average molecular weight is 294 g/mol. The lowest BCUT2D eigenvalue weighted by atomic mass is 10.1. The molecule has 0 heterocycles. The summed E-state index contributed by atoms with van der Waals surface area (Å²) in [6, 6.07) is 8.52. The number of ether oxygens (including phenoxy) is 1. The number of carbonyl (C=O) groups is 1. The van der Waals surface area contributed by atoms with Gasteiger partial charge in [-0.05, 0) is 30.3 Å². The highest BCUT2D eigenvalue weighted by molar-refractivity contribution is 6.32. The van der Waals surface area contributed by atoms with E-state index in [-0.39, 0.29) is 17.1 Å². The summed E-state index contributed by atoms with van der Waals surface area (Å²) in [4.78, 5) is 12.0. The molecule has 2 rings (SSSR count). The third kappa shape index (κ3) is 2.95. The van der Waals surface area contributed by atoms with Crippen LogP contribution in [-0.2, 0) is 0 Å². The number of aromatic hydroxyl groups is 2. The molecule has 1 amide bonds. The van der Waals surface area contributed by atoms with Crippen molar-refractivity contribution in [2.75, 3.05) is 12.4 Å². The Balaban J connectivity index is 2.21. The van der Waals surface area contributed by atoms with Gasteiger partial charge in [0, 0.05) is 11.8 Å². The van der Waals surface area contributed by atoms with E-state index < -0.39 is 5.91 Å². The van der Waals surface area contributed by atoms with Crippen LogP contribution in [0.1, 0.15) is 10.4 Å². The maximum absolute atomic E-state index is 12.0. The van der Waals surface area contributed by atoms with E-state index in [0.717, 1.165) is 6.07 Å². The van der Waals surface area contributed by atoms with Crippen LogP contribution in [0.15, 0.2) is 36.4 Å². The normalized spacial score (nSPS) is 10.1. The SMILES string of the molecule is COc1ccc(NC(=O)c2ccc(O)cc2O)cc1Cl. The molecule has 0 spiro atoms. The van der Waals surface area contributed by atoms with E-state index in [4.69, 9.17) is 16.3 Å². The Labute approximate surface area is 120 Å². The zero-order chi connectivity index (χ0) is 14.7. The smallest absolute Gasteiger partial charge is 0.259 e. The molecule has 0 unspecified atom stereocenters. The van der Waals surface area contributed by atoms with Crippen LogP contribution in [0.2, 0.25) is 5.02 Å². The molecule has 20 heavy (non-hydrogen) atoms. The fourth-order valence-electron chi connectivity index (χ4n) is 1.65. The molecule has 0 aliphatic carbocycles. The van der Waals surface area contributed by atoms with Crippen LogP contribution in [-0.4, -0.2) is 23.2 Å². The molecule has 0 fully saturated rings. The fourth-order valence-corrected chi connectivity index (χ4v) is 1.91. The Kier molecular flexibility index (Phi) is 4.00. The van der Waals surface area contributed by atoms with Gasteiger partial charge in [-0.2, -0.15) is 0 Å². The van der Waals surface area contributed by atoms with Crippen LogP contribution < -0.4 is 10.1 Å². The second-order valence-electron chi connectivity index (χ2n) is 4.00. The number of benzene rings is 2. The molecular formula is C14H12ClNO4. The van der Waals surface area contributed by atoms with Gasteiger partial charge in [-0.1, -0.05) is 11.6 Å². The molecule has 0 aromatic heterocycles. The van der Waals surface area contributed by atoms with Crippen LogP contribution in [0.4, 0.5) is 5.69 Å². The summed E-state index contributed by atoms with van der Waals surface area (Å²) >= 11 is 5.95. The molecule has 3 N–H and O–H groups in total. The second kappa shape index (κ2) is 5.71. The molecule has 0 radical (unpaired) electrons. The van der Waals surface area contributed by atoms with Crippen LogP contribution in [0, 0.1) is 0 Å². The van der Waals surface area contributed by atoms with Crippen molar-refractivity contribution in [1.29, 1.82) is 0 Å². The first-order valence-corrected chi connectivity index (χ1v) is 6.06. The van der Waals surface area contributed by atoms with E-state index in [1.165, 1.54) is 25.3 Å². The van der Waals surface area contributed by atoms with Gasteiger partial charge in [-0.15, -0.1) is 0 Å². The molecule has 0 saturated heterocycles. The lowest BCUT2D eigenvalue weighted by Gasteiger charge is -2.09. The fraction of sp³-hybridized carbons (Fsp3) is 0.0714. The number of hydrogen-bond acceptors (Lipinski definition) is 4. The minimum atomic E-state index is -0.510. The first-order valence-electron chi connectivity index (χ1n) is 5.68. The van der Waals surface area contributed by atoms with Gasteiger partial charge in [0.25, 0.3) is 5.91 Å². The average Bonchev–Trinajstić information content (AvgIpc) is 2.38. The molecule has 0 aliphatic heterocycles. The van der Waals surface area contributed by atoms with Gasteiger partial charge in [-0.25, -0.2) is 0 Å². The molecule has 0 aliphatic rings. The van der Waals surface area contributed by atoms with Gasteiger partial charge in [-0.3, -0.25) is 4.79 Å². The minimum Gasteiger partial charge on any atom is -0.508 e. The number of anilines is 1. The molecule has 2 aromatic rings. The number of rotatable bonds is 3. The number of phenolic OH excluding ortho intramolecular Hbond substituents is 2. The van der Waals surface area contributed by atoms with E-state index in [0.29, 0.717) is 16.5 Å². The molecule has 2 aromatic carbocycles. The Hall–Kier alpha value is -2.40. The maximum Gasteiger partial charge on any atom is 0.259 e. The van der Waals surface area contributed by atoms with E-state index >= 15 is 0 Å². The zero-order valence-corrected chi connectivity index (χ0v) is 11.3. The number of phenols is 2. The van der Waals surface area contributed by atoms with Crippen molar-refractivity contribution in [2.45, 2.75) is 0 Å². The summed E-state index contributed by atoms with van der Waals surface area (Å²) in [5, 5.41) is 21.7. The van der Waals surface area contributed by atoms with Crippen molar-refractivity contribution in [1.82, 2.24) is 0 Å².